The standard InChI is InChI=1S/C13H15ClF3N3O/c1-21-11-4-3-9-12(19-11)20(10(18-9)5-7-14)8-2-6-13(15,16)17/h3-4H,2,5-8H2,1H3. The fraction of sp³-hybridized carbons (Fsp3) is 0.538. The van der Waals surface area contributed by atoms with Crippen LogP contribution in [0.3, 0.4) is 0 Å². The van der Waals surface area contributed by atoms with Crippen LogP contribution < -0.4 is 4.74 Å². The minimum Gasteiger partial charge on any atom is -0.481 e. The zero-order valence-electron chi connectivity index (χ0n) is 11.5. The van der Waals surface area contributed by atoms with E-state index in [0.29, 0.717) is 35.2 Å². The van der Waals surface area contributed by atoms with Gasteiger partial charge in [-0.25, -0.2) is 4.98 Å². The van der Waals surface area contributed by atoms with E-state index in [9.17, 15) is 13.2 Å². The summed E-state index contributed by atoms with van der Waals surface area (Å²) in [4.78, 5) is 8.64. The minimum atomic E-state index is -4.16. The van der Waals surface area contributed by atoms with E-state index in [2.05, 4.69) is 9.97 Å². The molecule has 0 saturated heterocycles. The van der Waals surface area contributed by atoms with Crippen molar-refractivity contribution in [3.63, 3.8) is 0 Å². The Hall–Kier alpha value is -1.50. The molecule has 0 aliphatic carbocycles. The van der Waals surface area contributed by atoms with Gasteiger partial charge in [-0.15, -0.1) is 11.6 Å². The smallest absolute Gasteiger partial charge is 0.389 e. The number of hydrogen-bond acceptors (Lipinski definition) is 3. The maximum Gasteiger partial charge on any atom is 0.389 e. The second-order valence-corrected chi connectivity index (χ2v) is 4.91. The van der Waals surface area contributed by atoms with Crippen LogP contribution in [0.5, 0.6) is 5.88 Å². The van der Waals surface area contributed by atoms with Gasteiger partial charge >= 0.3 is 6.18 Å². The molecule has 0 bridgehead atoms. The zero-order chi connectivity index (χ0) is 15.5. The van der Waals surface area contributed by atoms with Gasteiger partial charge in [-0.3, -0.25) is 0 Å². The van der Waals surface area contributed by atoms with Crippen molar-refractivity contribution in [1.82, 2.24) is 14.5 Å². The van der Waals surface area contributed by atoms with Crippen molar-refractivity contribution < 1.29 is 17.9 Å². The first-order valence-corrected chi connectivity index (χ1v) is 7.01. The van der Waals surface area contributed by atoms with E-state index in [0.717, 1.165) is 0 Å². The minimum absolute atomic E-state index is 0.0247. The van der Waals surface area contributed by atoms with Crippen LogP contribution in [0.25, 0.3) is 11.2 Å². The van der Waals surface area contributed by atoms with Gasteiger partial charge in [0.1, 0.15) is 11.3 Å². The molecular weight excluding hydrogens is 307 g/mol. The van der Waals surface area contributed by atoms with E-state index in [1.54, 1.807) is 16.7 Å². The lowest BCUT2D eigenvalue weighted by Gasteiger charge is -2.10. The number of fused-ring (bicyclic) bond motifs is 1. The van der Waals surface area contributed by atoms with Gasteiger partial charge in [0.05, 0.1) is 7.11 Å². The normalized spacial score (nSPS) is 12.0. The molecule has 0 fully saturated rings. The highest BCUT2D eigenvalue weighted by atomic mass is 35.5. The molecule has 0 atom stereocenters. The van der Waals surface area contributed by atoms with Gasteiger partial charge in [0.2, 0.25) is 5.88 Å². The summed E-state index contributed by atoms with van der Waals surface area (Å²) in [7, 11) is 1.48. The first-order chi connectivity index (χ1) is 9.94. The summed E-state index contributed by atoms with van der Waals surface area (Å²) in [5, 5.41) is 0. The predicted octanol–water partition coefficient (Wildman–Crippen LogP) is 3.56. The van der Waals surface area contributed by atoms with E-state index < -0.39 is 12.6 Å². The number of hydrogen-bond donors (Lipinski definition) is 0. The molecule has 0 amide bonds. The molecular formula is C13H15ClF3N3O. The number of methoxy groups -OCH3 is 1. The van der Waals surface area contributed by atoms with Crippen molar-refractivity contribution >= 4 is 22.8 Å². The molecule has 0 aliphatic rings. The molecule has 2 aromatic heterocycles. The van der Waals surface area contributed by atoms with Crippen molar-refractivity contribution in [1.29, 1.82) is 0 Å². The zero-order valence-corrected chi connectivity index (χ0v) is 12.2. The summed E-state index contributed by atoms with van der Waals surface area (Å²) in [5.41, 5.74) is 1.15. The lowest BCUT2D eigenvalue weighted by molar-refractivity contribution is -0.135. The van der Waals surface area contributed by atoms with E-state index in [1.165, 1.54) is 7.11 Å². The molecule has 2 rings (SSSR count). The van der Waals surface area contributed by atoms with Crippen LogP contribution in [0.1, 0.15) is 18.7 Å². The van der Waals surface area contributed by atoms with E-state index in [-0.39, 0.29) is 13.0 Å². The molecule has 0 unspecified atom stereocenters. The van der Waals surface area contributed by atoms with Gasteiger partial charge in [0.25, 0.3) is 0 Å². The lowest BCUT2D eigenvalue weighted by atomic mass is 10.3. The number of nitrogens with zero attached hydrogens (tertiary/aromatic N) is 3. The van der Waals surface area contributed by atoms with Crippen LogP contribution in [0.4, 0.5) is 13.2 Å². The summed E-state index contributed by atoms with van der Waals surface area (Å²) in [6.07, 6.45) is -4.54. The van der Waals surface area contributed by atoms with Crippen LogP contribution >= 0.6 is 11.6 Å². The van der Waals surface area contributed by atoms with Gasteiger partial charge < -0.3 is 9.30 Å². The van der Waals surface area contributed by atoms with Crippen LogP contribution in [0.2, 0.25) is 0 Å². The molecule has 0 spiro atoms. The van der Waals surface area contributed by atoms with E-state index >= 15 is 0 Å². The molecule has 0 radical (unpaired) electrons. The predicted molar refractivity (Wildman–Crippen MR) is 73.8 cm³/mol. The average molecular weight is 322 g/mol. The fourth-order valence-corrected chi connectivity index (χ4v) is 2.26. The van der Waals surface area contributed by atoms with E-state index in [1.807, 2.05) is 0 Å². The van der Waals surface area contributed by atoms with Gasteiger partial charge in [0.15, 0.2) is 5.65 Å². The van der Waals surface area contributed by atoms with Crippen LogP contribution in [-0.4, -0.2) is 33.7 Å². The second kappa shape index (κ2) is 6.51. The molecule has 2 aromatic rings. The summed E-state index contributed by atoms with van der Waals surface area (Å²) in [5.74, 6) is 1.39. The SMILES string of the molecule is COc1ccc2nc(CCCl)n(CCCC(F)(F)F)c2n1. The van der Waals surface area contributed by atoms with Crippen LogP contribution in [-0.2, 0) is 13.0 Å². The summed E-state index contributed by atoms with van der Waals surface area (Å²) < 4.78 is 43.6. The van der Waals surface area contributed by atoms with Crippen LogP contribution in [0.15, 0.2) is 12.1 Å². The molecule has 0 aliphatic heterocycles. The Labute approximate surface area is 124 Å². The van der Waals surface area contributed by atoms with Crippen molar-refractivity contribution in [3.8, 4) is 5.88 Å². The number of pyridine rings is 1. The highest BCUT2D eigenvalue weighted by Crippen LogP contribution is 2.24. The molecule has 8 heteroatoms. The van der Waals surface area contributed by atoms with Crippen molar-refractivity contribution in [3.05, 3.63) is 18.0 Å². The lowest BCUT2D eigenvalue weighted by Crippen LogP contribution is -2.11. The number of aromatic nitrogens is 3. The molecule has 21 heavy (non-hydrogen) atoms. The third kappa shape index (κ3) is 4.00. The Kier molecular flexibility index (Phi) is 4.92. The Balaban J connectivity index is 2.30. The molecule has 2 heterocycles. The summed E-state index contributed by atoms with van der Waals surface area (Å²) >= 11 is 5.72. The van der Waals surface area contributed by atoms with Crippen LogP contribution in [0, 0.1) is 0 Å². The average Bonchev–Trinajstić information content (AvgIpc) is 2.75. The maximum absolute atomic E-state index is 12.3. The van der Waals surface area contributed by atoms with Gasteiger partial charge in [-0.2, -0.15) is 18.2 Å². The monoisotopic (exact) mass is 321 g/mol. The number of aryl methyl sites for hydroxylation is 2. The molecule has 116 valence electrons. The highest BCUT2D eigenvalue weighted by Gasteiger charge is 2.26. The Morgan fingerprint density at radius 2 is 2.05 bits per heavy atom. The number of imidazole rings is 1. The third-order valence-electron chi connectivity index (χ3n) is 3.01. The second-order valence-electron chi connectivity index (χ2n) is 4.53. The number of ether oxygens (including phenoxy) is 1. The fourth-order valence-electron chi connectivity index (χ4n) is 2.09. The first-order valence-electron chi connectivity index (χ1n) is 6.47. The molecule has 0 N–H and O–H groups in total. The number of alkyl halides is 4. The number of rotatable bonds is 6. The highest BCUT2D eigenvalue weighted by molar-refractivity contribution is 6.17. The molecule has 4 nitrogen and oxygen atoms in total. The Morgan fingerprint density at radius 1 is 1.29 bits per heavy atom. The molecule has 0 aromatic carbocycles. The van der Waals surface area contributed by atoms with Crippen molar-refractivity contribution in [2.45, 2.75) is 32.0 Å². The Bertz CT molecular complexity index is 612. The van der Waals surface area contributed by atoms with E-state index in [4.69, 9.17) is 16.3 Å². The van der Waals surface area contributed by atoms with Gasteiger partial charge in [-0.1, -0.05) is 0 Å². The van der Waals surface area contributed by atoms with Crippen molar-refractivity contribution in [2.75, 3.05) is 13.0 Å². The third-order valence-corrected chi connectivity index (χ3v) is 3.20. The first kappa shape index (κ1) is 15.9. The topological polar surface area (TPSA) is 39.9 Å². The van der Waals surface area contributed by atoms with Gasteiger partial charge in [0, 0.05) is 31.3 Å². The van der Waals surface area contributed by atoms with Crippen molar-refractivity contribution in [2.24, 2.45) is 0 Å². The largest absolute Gasteiger partial charge is 0.481 e. The number of halogens is 4. The summed E-state index contributed by atoms with van der Waals surface area (Å²) in [6, 6.07) is 3.40. The summed E-state index contributed by atoms with van der Waals surface area (Å²) in [6.45, 7) is 0.197. The molecule has 0 saturated carbocycles. The quantitative estimate of drug-likeness (QED) is 0.764. The van der Waals surface area contributed by atoms with Gasteiger partial charge in [-0.05, 0) is 12.5 Å². The Morgan fingerprint density at radius 3 is 2.67 bits per heavy atom. The maximum atomic E-state index is 12.3.